The van der Waals surface area contributed by atoms with Gasteiger partial charge in [0.25, 0.3) is 0 Å². The molecule has 86 valence electrons. The van der Waals surface area contributed by atoms with Gasteiger partial charge in [0.05, 0.1) is 5.69 Å². The molecule has 0 aromatic carbocycles. The molecule has 1 aromatic rings. The Morgan fingerprint density at radius 2 is 2.25 bits per heavy atom. The number of hydrogen-bond acceptors (Lipinski definition) is 2. The Kier molecular flexibility index (Phi) is 3.22. The van der Waals surface area contributed by atoms with Crippen LogP contribution in [0.2, 0.25) is 0 Å². The molecule has 1 aliphatic rings. The second kappa shape index (κ2) is 4.64. The van der Waals surface area contributed by atoms with Gasteiger partial charge < -0.3 is 0 Å². The first kappa shape index (κ1) is 11.1. The number of carbonyl (C=O) groups excluding carboxylic acids is 1. The molecule has 0 fully saturated rings. The van der Waals surface area contributed by atoms with E-state index in [4.69, 9.17) is 0 Å². The molecule has 1 heterocycles. The van der Waals surface area contributed by atoms with E-state index in [1.807, 2.05) is 17.8 Å². The van der Waals surface area contributed by atoms with Crippen LogP contribution < -0.4 is 0 Å². The van der Waals surface area contributed by atoms with Gasteiger partial charge in [-0.05, 0) is 31.4 Å². The van der Waals surface area contributed by atoms with Crippen LogP contribution in [-0.2, 0) is 24.7 Å². The summed E-state index contributed by atoms with van der Waals surface area (Å²) in [6.45, 7) is 2.11. The summed E-state index contributed by atoms with van der Waals surface area (Å²) in [4.78, 5) is 11.3. The van der Waals surface area contributed by atoms with E-state index < -0.39 is 0 Å². The van der Waals surface area contributed by atoms with Gasteiger partial charge in [-0.1, -0.05) is 12.5 Å². The summed E-state index contributed by atoms with van der Waals surface area (Å²) in [6.07, 6.45) is 6.43. The molecule has 3 nitrogen and oxygen atoms in total. The number of rotatable bonds is 3. The molecule has 1 aliphatic carbocycles. The number of nitrogens with zero attached hydrogens (tertiary/aromatic N) is 2. The Hall–Kier alpha value is -1.38. The van der Waals surface area contributed by atoms with Crippen LogP contribution in [0.5, 0.6) is 0 Å². The van der Waals surface area contributed by atoms with Crippen molar-refractivity contribution in [2.24, 2.45) is 7.05 Å². The maximum atomic E-state index is 11.3. The van der Waals surface area contributed by atoms with Crippen molar-refractivity contribution in [2.45, 2.75) is 39.0 Å². The zero-order valence-electron chi connectivity index (χ0n) is 9.99. The summed E-state index contributed by atoms with van der Waals surface area (Å²) in [7, 11) is 1.97. The Balaban J connectivity index is 2.14. The molecule has 0 spiro atoms. The zero-order chi connectivity index (χ0) is 11.5. The molecule has 16 heavy (non-hydrogen) atoms. The van der Waals surface area contributed by atoms with Crippen LogP contribution in [-0.4, -0.2) is 15.6 Å². The first-order chi connectivity index (χ1) is 7.69. The maximum absolute atomic E-state index is 11.3. The normalized spacial score (nSPS) is 16.4. The molecule has 0 atom stereocenters. The van der Waals surface area contributed by atoms with Crippen molar-refractivity contribution in [3.05, 3.63) is 29.1 Å². The highest BCUT2D eigenvalue weighted by Crippen LogP contribution is 2.19. The minimum absolute atomic E-state index is 0.277. The Morgan fingerprint density at radius 1 is 1.44 bits per heavy atom. The summed E-state index contributed by atoms with van der Waals surface area (Å²) >= 11 is 0. The molecule has 0 bridgehead atoms. The third-order valence-corrected chi connectivity index (χ3v) is 3.08. The summed E-state index contributed by atoms with van der Waals surface area (Å²) in [5.41, 5.74) is 3.58. The summed E-state index contributed by atoms with van der Waals surface area (Å²) in [6, 6.07) is 2.14. The fraction of sp³-hybridized carbons (Fsp3) is 0.538. The Morgan fingerprint density at radius 3 is 2.88 bits per heavy atom. The fourth-order valence-electron chi connectivity index (χ4n) is 2.14. The van der Waals surface area contributed by atoms with E-state index >= 15 is 0 Å². The van der Waals surface area contributed by atoms with Gasteiger partial charge in [-0.3, -0.25) is 9.48 Å². The SMILES string of the molecule is CCc1cc(CC2=CC(=O)CCC2)n(C)n1. The van der Waals surface area contributed by atoms with Crippen LogP contribution in [0.1, 0.15) is 37.6 Å². The van der Waals surface area contributed by atoms with Gasteiger partial charge in [0, 0.05) is 25.6 Å². The highest BCUT2D eigenvalue weighted by molar-refractivity contribution is 5.91. The van der Waals surface area contributed by atoms with E-state index in [0.29, 0.717) is 0 Å². The van der Waals surface area contributed by atoms with E-state index in [-0.39, 0.29) is 5.78 Å². The molecule has 0 amide bonds. The van der Waals surface area contributed by atoms with Crippen LogP contribution >= 0.6 is 0 Å². The van der Waals surface area contributed by atoms with Crippen molar-refractivity contribution >= 4 is 5.78 Å². The number of allylic oxidation sites excluding steroid dienone is 2. The number of aryl methyl sites for hydroxylation is 2. The molecule has 0 radical (unpaired) electrons. The van der Waals surface area contributed by atoms with Crippen LogP contribution in [0.25, 0.3) is 0 Å². The number of aromatic nitrogens is 2. The van der Waals surface area contributed by atoms with Crippen LogP contribution in [0, 0.1) is 0 Å². The fourth-order valence-corrected chi connectivity index (χ4v) is 2.14. The van der Waals surface area contributed by atoms with Crippen molar-refractivity contribution in [3.63, 3.8) is 0 Å². The van der Waals surface area contributed by atoms with Gasteiger partial charge in [0.1, 0.15) is 0 Å². The van der Waals surface area contributed by atoms with E-state index in [1.54, 1.807) is 0 Å². The number of ketones is 1. The lowest BCUT2D eigenvalue weighted by molar-refractivity contribution is -0.115. The standard InChI is InChI=1S/C13H18N2O/c1-3-11-9-12(15(2)14-11)7-10-5-4-6-13(16)8-10/h8-9H,3-7H2,1-2H3. The lowest BCUT2D eigenvalue weighted by Gasteiger charge is -2.11. The zero-order valence-corrected chi connectivity index (χ0v) is 9.99. The van der Waals surface area contributed by atoms with Gasteiger partial charge in [0.2, 0.25) is 0 Å². The Labute approximate surface area is 96.2 Å². The molecule has 0 aliphatic heterocycles. The van der Waals surface area contributed by atoms with Gasteiger partial charge in [-0.2, -0.15) is 5.10 Å². The minimum Gasteiger partial charge on any atom is -0.295 e. The monoisotopic (exact) mass is 218 g/mol. The van der Waals surface area contributed by atoms with Crippen molar-refractivity contribution in [3.8, 4) is 0 Å². The van der Waals surface area contributed by atoms with Gasteiger partial charge in [0.15, 0.2) is 5.78 Å². The van der Waals surface area contributed by atoms with Crippen LogP contribution in [0.15, 0.2) is 17.7 Å². The van der Waals surface area contributed by atoms with Gasteiger partial charge >= 0.3 is 0 Å². The van der Waals surface area contributed by atoms with Crippen LogP contribution in [0.4, 0.5) is 0 Å². The van der Waals surface area contributed by atoms with E-state index in [0.717, 1.165) is 37.8 Å². The molecule has 3 heteroatoms. The summed E-state index contributed by atoms with van der Waals surface area (Å²) in [5, 5.41) is 4.42. The van der Waals surface area contributed by atoms with Crippen molar-refractivity contribution in [1.29, 1.82) is 0 Å². The molecule has 0 saturated carbocycles. The predicted molar refractivity (Wildman–Crippen MR) is 63.2 cm³/mol. The first-order valence-corrected chi connectivity index (χ1v) is 5.93. The largest absolute Gasteiger partial charge is 0.295 e. The number of hydrogen-bond donors (Lipinski definition) is 0. The second-order valence-electron chi connectivity index (χ2n) is 4.40. The third kappa shape index (κ3) is 2.40. The Bertz CT molecular complexity index is 429. The van der Waals surface area contributed by atoms with E-state index in [1.165, 1.54) is 11.3 Å². The highest BCUT2D eigenvalue weighted by Gasteiger charge is 2.12. The molecule has 0 saturated heterocycles. The quantitative estimate of drug-likeness (QED) is 0.779. The third-order valence-electron chi connectivity index (χ3n) is 3.08. The maximum Gasteiger partial charge on any atom is 0.155 e. The predicted octanol–water partition coefficient (Wildman–Crippen LogP) is 2.20. The van der Waals surface area contributed by atoms with E-state index in [9.17, 15) is 4.79 Å². The lowest BCUT2D eigenvalue weighted by atomic mass is 9.95. The smallest absolute Gasteiger partial charge is 0.155 e. The topological polar surface area (TPSA) is 34.9 Å². The van der Waals surface area contributed by atoms with Gasteiger partial charge in [-0.15, -0.1) is 0 Å². The highest BCUT2D eigenvalue weighted by atomic mass is 16.1. The average Bonchev–Trinajstić information content (AvgIpc) is 2.60. The molecule has 1 aromatic heterocycles. The van der Waals surface area contributed by atoms with Crippen molar-refractivity contribution in [1.82, 2.24) is 9.78 Å². The van der Waals surface area contributed by atoms with Crippen molar-refractivity contribution < 1.29 is 4.79 Å². The van der Waals surface area contributed by atoms with E-state index in [2.05, 4.69) is 18.1 Å². The van der Waals surface area contributed by atoms with Crippen LogP contribution in [0.3, 0.4) is 0 Å². The molecule has 2 rings (SSSR count). The lowest BCUT2D eigenvalue weighted by Crippen LogP contribution is -2.07. The first-order valence-electron chi connectivity index (χ1n) is 5.93. The molecular weight excluding hydrogens is 200 g/mol. The van der Waals surface area contributed by atoms with Gasteiger partial charge in [-0.25, -0.2) is 0 Å². The summed E-state index contributed by atoms with van der Waals surface area (Å²) in [5.74, 6) is 0.277. The minimum atomic E-state index is 0.277. The summed E-state index contributed by atoms with van der Waals surface area (Å²) < 4.78 is 1.93. The van der Waals surface area contributed by atoms with Crippen molar-refractivity contribution in [2.75, 3.05) is 0 Å². The molecule has 0 N–H and O–H groups in total. The average molecular weight is 218 g/mol. The molecular formula is C13H18N2O. The molecule has 0 unspecified atom stereocenters. The number of carbonyl (C=O) groups is 1. The second-order valence-corrected chi connectivity index (χ2v) is 4.40.